The van der Waals surface area contributed by atoms with Gasteiger partial charge in [-0.15, -0.1) is 0 Å². The second-order valence-corrected chi connectivity index (χ2v) is 6.65. The Labute approximate surface area is 164 Å². The number of nitrogens with one attached hydrogen (secondary N) is 1. The molecule has 0 unspecified atom stereocenters. The van der Waals surface area contributed by atoms with Gasteiger partial charge in [0.25, 0.3) is 0 Å². The van der Waals surface area contributed by atoms with Crippen LogP contribution < -0.4 is 10.2 Å². The van der Waals surface area contributed by atoms with Gasteiger partial charge in [-0.05, 0) is 67.6 Å². The molecule has 0 aromatic heterocycles. The van der Waals surface area contributed by atoms with Crippen molar-refractivity contribution in [3.63, 3.8) is 0 Å². The maximum absolute atomic E-state index is 12.8. The minimum atomic E-state index is -0.478. The predicted octanol–water partition coefficient (Wildman–Crippen LogP) is 4.04. The number of carbonyl (C=O) groups is 2. The van der Waals surface area contributed by atoms with E-state index in [0.29, 0.717) is 37.2 Å². The summed E-state index contributed by atoms with van der Waals surface area (Å²) in [5.41, 5.74) is 4.28. The molecule has 0 aliphatic carbocycles. The van der Waals surface area contributed by atoms with Crippen LogP contribution in [0.25, 0.3) is 0 Å². The lowest BCUT2D eigenvalue weighted by atomic mass is 10.00. The summed E-state index contributed by atoms with van der Waals surface area (Å²) < 4.78 is 4.91. The van der Waals surface area contributed by atoms with Gasteiger partial charge in [0.05, 0.1) is 18.2 Å². The van der Waals surface area contributed by atoms with Crippen LogP contribution in [-0.4, -0.2) is 25.2 Å². The summed E-state index contributed by atoms with van der Waals surface area (Å²) in [6.07, 6.45) is 2.33. The number of carbonyl (C=O) groups excluding carboxylic acids is 2. The van der Waals surface area contributed by atoms with E-state index in [1.54, 1.807) is 25.1 Å². The number of anilines is 2. The number of benzene rings is 2. The Hall–Kier alpha value is -3.33. The molecule has 0 saturated carbocycles. The van der Waals surface area contributed by atoms with Crippen LogP contribution in [0, 0.1) is 11.3 Å². The van der Waals surface area contributed by atoms with E-state index in [4.69, 9.17) is 10.00 Å². The van der Waals surface area contributed by atoms with Crippen molar-refractivity contribution < 1.29 is 14.3 Å². The standard InChI is InChI=1S/C22H23N3O3/c1-2-28-22(27)24-19-10-11-20-18(14-19)4-3-13-25(20)21(26)12-9-16-5-7-17(15-23)8-6-16/h5-8,10-11,14H,2-4,9,12-13H2,1H3,(H,24,27). The maximum Gasteiger partial charge on any atom is 0.411 e. The third-order valence-electron chi connectivity index (χ3n) is 4.73. The summed E-state index contributed by atoms with van der Waals surface area (Å²) >= 11 is 0. The number of nitrogens with zero attached hydrogens (tertiary/aromatic N) is 2. The van der Waals surface area contributed by atoms with Crippen LogP contribution in [-0.2, 0) is 22.4 Å². The number of aryl methyl sites for hydroxylation is 2. The fraction of sp³-hybridized carbons (Fsp3) is 0.318. The van der Waals surface area contributed by atoms with Gasteiger partial charge in [-0.25, -0.2) is 4.79 Å². The van der Waals surface area contributed by atoms with Gasteiger partial charge < -0.3 is 9.64 Å². The Morgan fingerprint density at radius 3 is 2.71 bits per heavy atom. The number of ether oxygens (including phenoxy) is 1. The van der Waals surface area contributed by atoms with E-state index in [-0.39, 0.29) is 5.91 Å². The number of fused-ring (bicyclic) bond motifs is 1. The number of hydrogen-bond acceptors (Lipinski definition) is 4. The Bertz CT molecular complexity index is 900. The van der Waals surface area contributed by atoms with Crippen molar-refractivity contribution in [2.75, 3.05) is 23.4 Å². The summed E-state index contributed by atoms with van der Waals surface area (Å²) in [5.74, 6) is 0.0800. The molecular formula is C22H23N3O3. The van der Waals surface area contributed by atoms with Crippen molar-refractivity contribution in [2.24, 2.45) is 0 Å². The van der Waals surface area contributed by atoms with E-state index in [1.165, 1.54) is 0 Å². The Kier molecular flexibility index (Phi) is 6.28. The third-order valence-corrected chi connectivity index (χ3v) is 4.73. The van der Waals surface area contributed by atoms with Crippen LogP contribution >= 0.6 is 0 Å². The zero-order chi connectivity index (χ0) is 19.9. The normalized spacial score (nSPS) is 12.6. The topological polar surface area (TPSA) is 82.4 Å². The van der Waals surface area contributed by atoms with E-state index in [9.17, 15) is 9.59 Å². The zero-order valence-corrected chi connectivity index (χ0v) is 15.9. The maximum atomic E-state index is 12.8. The van der Waals surface area contributed by atoms with Crippen LogP contribution in [0.5, 0.6) is 0 Å². The first-order chi connectivity index (χ1) is 13.6. The fourth-order valence-corrected chi connectivity index (χ4v) is 3.35. The molecule has 1 aliphatic rings. The molecule has 0 saturated heterocycles. The molecule has 0 bridgehead atoms. The molecule has 0 atom stereocenters. The van der Waals surface area contributed by atoms with Gasteiger partial charge >= 0.3 is 6.09 Å². The van der Waals surface area contributed by atoms with Crippen LogP contribution in [0.15, 0.2) is 42.5 Å². The van der Waals surface area contributed by atoms with Gasteiger partial charge in [-0.1, -0.05) is 12.1 Å². The summed E-state index contributed by atoms with van der Waals surface area (Å²) in [4.78, 5) is 26.2. The van der Waals surface area contributed by atoms with Gasteiger partial charge in [0.2, 0.25) is 5.91 Å². The van der Waals surface area contributed by atoms with Crippen molar-refractivity contribution >= 4 is 23.4 Å². The Balaban J connectivity index is 1.66. The highest BCUT2D eigenvalue weighted by Crippen LogP contribution is 2.30. The van der Waals surface area contributed by atoms with Crippen LogP contribution in [0.3, 0.4) is 0 Å². The molecule has 0 fully saturated rings. The number of amides is 2. The Morgan fingerprint density at radius 2 is 2.00 bits per heavy atom. The third kappa shape index (κ3) is 4.68. The predicted molar refractivity (Wildman–Crippen MR) is 107 cm³/mol. The highest BCUT2D eigenvalue weighted by atomic mass is 16.5. The number of hydrogen-bond donors (Lipinski definition) is 1. The van der Waals surface area contributed by atoms with E-state index >= 15 is 0 Å². The highest BCUT2D eigenvalue weighted by molar-refractivity contribution is 5.95. The van der Waals surface area contributed by atoms with Crippen molar-refractivity contribution in [1.82, 2.24) is 0 Å². The molecule has 1 heterocycles. The largest absolute Gasteiger partial charge is 0.450 e. The molecule has 2 aromatic carbocycles. The molecule has 3 rings (SSSR count). The minimum Gasteiger partial charge on any atom is -0.450 e. The van der Waals surface area contributed by atoms with Crippen LogP contribution in [0.1, 0.15) is 36.5 Å². The lowest BCUT2D eigenvalue weighted by molar-refractivity contribution is -0.118. The lowest BCUT2D eigenvalue weighted by Gasteiger charge is -2.30. The fourth-order valence-electron chi connectivity index (χ4n) is 3.35. The first kappa shape index (κ1) is 19.4. The highest BCUT2D eigenvalue weighted by Gasteiger charge is 2.22. The molecule has 1 N–H and O–H groups in total. The summed E-state index contributed by atoms with van der Waals surface area (Å²) in [6, 6.07) is 15.0. The van der Waals surface area contributed by atoms with Gasteiger partial charge in [0.1, 0.15) is 0 Å². The van der Waals surface area contributed by atoms with Gasteiger partial charge in [-0.3, -0.25) is 10.1 Å². The van der Waals surface area contributed by atoms with Gasteiger partial charge in [-0.2, -0.15) is 5.26 Å². The summed E-state index contributed by atoms with van der Waals surface area (Å²) in [5, 5.41) is 11.6. The Morgan fingerprint density at radius 1 is 1.21 bits per heavy atom. The quantitative estimate of drug-likeness (QED) is 0.852. The molecule has 0 radical (unpaired) electrons. The number of nitriles is 1. The van der Waals surface area contributed by atoms with Gasteiger partial charge in [0, 0.05) is 24.3 Å². The average Bonchev–Trinajstić information content (AvgIpc) is 2.72. The smallest absolute Gasteiger partial charge is 0.411 e. The number of rotatable bonds is 5. The zero-order valence-electron chi connectivity index (χ0n) is 15.9. The molecule has 0 spiro atoms. The molecule has 6 nitrogen and oxygen atoms in total. The van der Waals surface area contributed by atoms with E-state index < -0.39 is 6.09 Å². The monoisotopic (exact) mass is 377 g/mol. The van der Waals surface area contributed by atoms with E-state index in [0.717, 1.165) is 29.7 Å². The van der Waals surface area contributed by atoms with Gasteiger partial charge in [0.15, 0.2) is 0 Å². The molecule has 2 aromatic rings. The van der Waals surface area contributed by atoms with E-state index in [2.05, 4.69) is 11.4 Å². The first-order valence-corrected chi connectivity index (χ1v) is 9.47. The molecule has 6 heteroatoms. The van der Waals surface area contributed by atoms with Crippen molar-refractivity contribution in [1.29, 1.82) is 5.26 Å². The molecule has 144 valence electrons. The SMILES string of the molecule is CCOC(=O)Nc1ccc2c(c1)CCCN2C(=O)CCc1ccc(C#N)cc1. The molecule has 1 aliphatic heterocycles. The molecular weight excluding hydrogens is 354 g/mol. The second-order valence-electron chi connectivity index (χ2n) is 6.65. The summed E-state index contributed by atoms with van der Waals surface area (Å²) in [7, 11) is 0. The van der Waals surface area contributed by atoms with Crippen LogP contribution in [0.4, 0.5) is 16.2 Å². The van der Waals surface area contributed by atoms with Crippen molar-refractivity contribution in [3.8, 4) is 6.07 Å². The average molecular weight is 377 g/mol. The first-order valence-electron chi connectivity index (χ1n) is 9.47. The van der Waals surface area contributed by atoms with Crippen molar-refractivity contribution in [2.45, 2.75) is 32.6 Å². The van der Waals surface area contributed by atoms with E-state index in [1.807, 2.05) is 29.2 Å². The van der Waals surface area contributed by atoms with Crippen molar-refractivity contribution in [3.05, 3.63) is 59.2 Å². The second kappa shape index (κ2) is 9.05. The minimum absolute atomic E-state index is 0.0800. The lowest BCUT2D eigenvalue weighted by Crippen LogP contribution is -2.35. The summed E-state index contributed by atoms with van der Waals surface area (Å²) in [6.45, 7) is 2.77. The van der Waals surface area contributed by atoms with Crippen LogP contribution in [0.2, 0.25) is 0 Å². The molecule has 28 heavy (non-hydrogen) atoms. The molecule has 2 amide bonds.